The zero-order valence-electron chi connectivity index (χ0n) is 23.6. The number of allylic oxidation sites excluding steroid dienone is 1. The molecule has 210 valence electrons. The zero-order chi connectivity index (χ0) is 28.9. The Balaban J connectivity index is 1.57. The van der Waals surface area contributed by atoms with E-state index >= 15 is 0 Å². The second-order valence-electron chi connectivity index (χ2n) is 10.5. The minimum absolute atomic E-state index is 0.193. The number of anilines is 2. The Kier molecular flexibility index (Phi) is 9.09. The van der Waals surface area contributed by atoms with Gasteiger partial charge in [0.1, 0.15) is 5.75 Å². The van der Waals surface area contributed by atoms with Crippen LogP contribution in [0.3, 0.4) is 0 Å². The molecule has 2 aromatic carbocycles. The molecule has 8 nitrogen and oxygen atoms in total. The number of rotatable bonds is 9. The molecule has 0 spiro atoms. The lowest BCUT2D eigenvalue weighted by atomic mass is 9.90. The fraction of sp³-hybridized carbons (Fsp3) is 0.387. The molecular weight excluding hydrogens is 522 g/mol. The van der Waals surface area contributed by atoms with Crippen LogP contribution in [0.25, 0.3) is 10.9 Å². The predicted octanol–water partition coefficient (Wildman–Crippen LogP) is 4.88. The van der Waals surface area contributed by atoms with Gasteiger partial charge >= 0.3 is 0 Å². The molecule has 9 heteroatoms. The van der Waals surface area contributed by atoms with E-state index in [1.165, 1.54) is 26.0 Å². The number of aromatic nitrogens is 1. The van der Waals surface area contributed by atoms with Gasteiger partial charge in [-0.2, -0.15) is 5.26 Å². The molecule has 2 N–H and O–H groups in total. The highest BCUT2D eigenvalue weighted by molar-refractivity contribution is 7.90. The number of fused-ring (bicyclic) bond motifs is 1. The van der Waals surface area contributed by atoms with Gasteiger partial charge in [0.05, 0.1) is 48.1 Å². The van der Waals surface area contributed by atoms with Gasteiger partial charge in [-0.15, -0.1) is 0 Å². The number of nitrogens with one attached hydrogen (secondary N) is 2. The van der Waals surface area contributed by atoms with E-state index in [0.29, 0.717) is 42.2 Å². The number of benzene rings is 2. The maximum Gasteiger partial charge on any atom is 0.175 e. The average Bonchev–Trinajstić information content (AvgIpc) is 3.28. The summed E-state index contributed by atoms with van der Waals surface area (Å²) in [6.07, 6.45) is 5.76. The van der Waals surface area contributed by atoms with Gasteiger partial charge in [0.2, 0.25) is 0 Å². The van der Waals surface area contributed by atoms with Crippen molar-refractivity contribution in [1.29, 1.82) is 5.26 Å². The molecule has 1 heterocycles. The number of methoxy groups -OCH3 is 1. The molecule has 0 saturated heterocycles. The van der Waals surface area contributed by atoms with E-state index in [2.05, 4.69) is 66.3 Å². The molecular formula is C31H37N5O3S. The van der Waals surface area contributed by atoms with Crippen molar-refractivity contribution in [2.24, 2.45) is 0 Å². The summed E-state index contributed by atoms with van der Waals surface area (Å²) in [6, 6.07) is 16.2. The third kappa shape index (κ3) is 6.80. The van der Waals surface area contributed by atoms with Crippen molar-refractivity contribution in [3.63, 3.8) is 0 Å². The summed E-state index contributed by atoms with van der Waals surface area (Å²) in [6.45, 7) is 4.57. The Morgan fingerprint density at radius 2 is 1.90 bits per heavy atom. The van der Waals surface area contributed by atoms with Crippen LogP contribution in [0.4, 0.5) is 11.4 Å². The van der Waals surface area contributed by atoms with Crippen LogP contribution in [-0.4, -0.2) is 64.0 Å². The fourth-order valence-corrected chi connectivity index (χ4v) is 5.83. The molecule has 0 amide bonds. The normalized spacial score (nSPS) is 17.1. The van der Waals surface area contributed by atoms with Gasteiger partial charge in [0.25, 0.3) is 0 Å². The lowest BCUT2D eigenvalue weighted by Crippen LogP contribution is -2.36. The number of sulfone groups is 1. The molecule has 1 aliphatic rings. The van der Waals surface area contributed by atoms with Crippen LogP contribution in [0.15, 0.2) is 59.5 Å². The highest BCUT2D eigenvalue weighted by Gasteiger charge is 2.23. The molecule has 1 fully saturated rings. The van der Waals surface area contributed by atoms with E-state index in [4.69, 9.17) is 4.74 Å². The van der Waals surface area contributed by atoms with E-state index in [9.17, 15) is 13.7 Å². The van der Waals surface area contributed by atoms with Crippen molar-refractivity contribution in [1.82, 2.24) is 9.47 Å². The van der Waals surface area contributed by atoms with E-state index in [0.717, 1.165) is 41.4 Å². The van der Waals surface area contributed by atoms with E-state index in [-0.39, 0.29) is 4.90 Å². The second-order valence-corrected chi connectivity index (χ2v) is 12.5. The predicted molar refractivity (Wildman–Crippen MR) is 162 cm³/mol. The first-order valence-electron chi connectivity index (χ1n) is 13.3. The van der Waals surface area contributed by atoms with Crippen molar-refractivity contribution in [3.05, 3.63) is 60.3 Å². The van der Waals surface area contributed by atoms with Gasteiger partial charge in [-0.3, -0.25) is 0 Å². The topological polar surface area (TPSA) is 99.4 Å². The van der Waals surface area contributed by atoms with Crippen LogP contribution in [0.5, 0.6) is 5.75 Å². The first-order valence-corrected chi connectivity index (χ1v) is 15.2. The summed E-state index contributed by atoms with van der Waals surface area (Å²) in [5.74, 6) is 6.85. The average molecular weight is 560 g/mol. The Morgan fingerprint density at radius 3 is 2.55 bits per heavy atom. The van der Waals surface area contributed by atoms with E-state index in [1.54, 1.807) is 12.1 Å². The SMILES string of the molecule is C=C(C#N)Cn1c(C#CCNc2ccc(S(C)(=O)=O)cc2OC)cc2c(NC3CCC(N(C)C)CC3)cccc21. The molecule has 4 rings (SSSR count). The van der Waals surface area contributed by atoms with Gasteiger partial charge in [0, 0.05) is 41.1 Å². The fourth-order valence-electron chi connectivity index (χ4n) is 5.19. The van der Waals surface area contributed by atoms with Crippen molar-refractivity contribution >= 4 is 32.1 Å². The number of nitriles is 1. The molecule has 0 unspecified atom stereocenters. The Morgan fingerprint density at radius 1 is 1.15 bits per heavy atom. The quantitative estimate of drug-likeness (QED) is 0.285. The number of hydrogen-bond donors (Lipinski definition) is 2. The van der Waals surface area contributed by atoms with Crippen LogP contribution >= 0.6 is 0 Å². The maximum atomic E-state index is 11.9. The highest BCUT2D eigenvalue weighted by atomic mass is 32.2. The van der Waals surface area contributed by atoms with Crippen LogP contribution < -0.4 is 15.4 Å². The molecule has 3 aromatic rings. The molecule has 1 saturated carbocycles. The molecule has 1 aromatic heterocycles. The monoisotopic (exact) mass is 559 g/mol. The standard InChI is InChI=1S/C31H37N5O3S/c1-22(20-32)21-36-25(8-7-17-33-29-16-15-26(40(5,37)38)19-31(29)39-4)18-27-28(9-6-10-30(27)36)34-23-11-13-24(14-12-23)35(2)3/h6,9-10,15-16,18-19,23-24,33-34H,1,11-14,17,21H2,2-5H3. The van der Waals surface area contributed by atoms with Gasteiger partial charge in [-0.05, 0) is 76.0 Å². The Hall–Kier alpha value is -3.92. The summed E-state index contributed by atoms with van der Waals surface area (Å²) in [5.41, 5.74) is 3.97. The molecule has 0 aliphatic heterocycles. The number of nitrogens with zero attached hydrogens (tertiary/aromatic N) is 3. The Bertz CT molecular complexity index is 1600. The van der Waals surface area contributed by atoms with Crippen LogP contribution in [0.2, 0.25) is 0 Å². The van der Waals surface area contributed by atoms with Crippen molar-refractivity contribution in [2.75, 3.05) is 44.6 Å². The highest BCUT2D eigenvalue weighted by Crippen LogP contribution is 2.31. The first-order chi connectivity index (χ1) is 19.1. The van der Waals surface area contributed by atoms with Gasteiger partial charge in [-0.1, -0.05) is 18.6 Å². The third-order valence-electron chi connectivity index (χ3n) is 7.42. The van der Waals surface area contributed by atoms with Crippen molar-refractivity contribution in [3.8, 4) is 23.7 Å². The van der Waals surface area contributed by atoms with Gasteiger partial charge < -0.3 is 24.8 Å². The van der Waals surface area contributed by atoms with E-state index in [1.807, 2.05) is 16.7 Å². The van der Waals surface area contributed by atoms with Crippen molar-refractivity contribution in [2.45, 2.75) is 49.2 Å². The van der Waals surface area contributed by atoms with Gasteiger partial charge in [-0.25, -0.2) is 8.42 Å². The molecule has 0 atom stereocenters. The van der Waals surface area contributed by atoms with Crippen LogP contribution in [0, 0.1) is 23.2 Å². The lowest BCUT2D eigenvalue weighted by Gasteiger charge is -2.33. The molecule has 0 bridgehead atoms. The summed E-state index contributed by atoms with van der Waals surface area (Å²) >= 11 is 0. The molecule has 0 radical (unpaired) electrons. The first kappa shape index (κ1) is 29.1. The largest absolute Gasteiger partial charge is 0.495 e. The third-order valence-corrected chi connectivity index (χ3v) is 8.53. The lowest BCUT2D eigenvalue weighted by molar-refractivity contribution is 0.221. The molecule has 1 aliphatic carbocycles. The summed E-state index contributed by atoms with van der Waals surface area (Å²) < 4.78 is 31.2. The summed E-state index contributed by atoms with van der Waals surface area (Å²) in [5, 5.41) is 17.5. The minimum atomic E-state index is -3.34. The van der Waals surface area contributed by atoms with E-state index < -0.39 is 9.84 Å². The van der Waals surface area contributed by atoms with Crippen LogP contribution in [0.1, 0.15) is 31.4 Å². The summed E-state index contributed by atoms with van der Waals surface area (Å²) in [4.78, 5) is 2.51. The zero-order valence-corrected chi connectivity index (χ0v) is 24.4. The number of ether oxygens (including phenoxy) is 1. The Labute approximate surface area is 237 Å². The second kappa shape index (κ2) is 12.5. The summed E-state index contributed by atoms with van der Waals surface area (Å²) in [7, 11) is 2.47. The van der Waals surface area contributed by atoms with Crippen LogP contribution in [-0.2, 0) is 16.4 Å². The number of hydrogen-bond acceptors (Lipinski definition) is 7. The molecule has 40 heavy (non-hydrogen) atoms. The van der Waals surface area contributed by atoms with Crippen molar-refractivity contribution < 1.29 is 13.2 Å². The van der Waals surface area contributed by atoms with Gasteiger partial charge in [0.15, 0.2) is 9.84 Å². The maximum absolute atomic E-state index is 11.9. The smallest absolute Gasteiger partial charge is 0.175 e. The minimum Gasteiger partial charge on any atom is -0.495 e.